The van der Waals surface area contributed by atoms with Gasteiger partial charge in [-0.15, -0.1) is 0 Å². The number of esters is 1. The monoisotopic (exact) mass is 318 g/mol. The zero-order chi connectivity index (χ0) is 16.5. The van der Waals surface area contributed by atoms with Gasteiger partial charge in [0.25, 0.3) is 0 Å². The van der Waals surface area contributed by atoms with Crippen molar-refractivity contribution in [1.29, 1.82) is 0 Å². The normalized spacial score (nSPS) is 18.3. The fourth-order valence-corrected chi connectivity index (χ4v) is 2.76. The maximum absolute atomic E-state index is 12.5. The van der Waals surface area contributed by atoms with Crippen LogP contribution in [0, 0.1) is 0 Å². The molecule has 0 aliphatic carbocycles. The smallest absolute Gasteiger partial charge is 0.342 e. The molecule has 4 heteroatoms. The summed E-state index contributed by atoms with van der Waals surface area (Å²) in [7, 11) is 3.16. The third kappa shape index (κ3) is 5.02. The van der Waals surface area contributed by atoms with E-state index >= 15 is 0 Å². The summed E-state index contributed by atoms with van der Waals surface area (Å²) in [5.41, 5.74) is 1.25. The lowest BCUT2D eigenvalue weighted by molar-refractivity contribution is 0.0493. The minimum atomic E-state index is -0.332. The number of carbonyl (C=O) groups is 1. The van der Waals surface area contributed by atoms with Gasteiger partial charge in [0.2, 0.25) is 0 Å². The van der Waals surface area contributed by atoms with Crippen molar-refractivity contribution >= 4 is 12.0 Å². The van der Waals surface area contributed by atoms with E-state index in [1.807, 2.05) is 12.1 Å². The molecule has 1 aromatic carbocycles. The Morgan fingerprint density at radius 3 is 2.43 bits per heavy atom. The van der Waals surface area contributed by atoms with Crippen molar-refractivity contribution in [2.75, 3.05) is 20.8 Å². The third-order valence-electron chi connectivity index (χ3n) is 4.06. The van der Waals surface area contributed by atoms with Crippen LogP contribution < -0.4 is 9.47 Å². The maximum atomic E-state index is 12.5. The van der Waals surface area contributed by atoms with Gasteiger partial charge in [0.15, 0.2) is 0 Å². The molecule has 0 saturated carbocycles. The molecule has 1 aromatic rings. The van der Waals surface area contributed by atoms with E-state index in [1.165, 1.54) is 25.7 Å². The number of carbonyl (C=O) groups excluding carboxylic acids is 1. The van der Waals surface area contributed by atoms with Gasteiger partial charge in [0.1, 0.15) is 17.1 Å². The molecule has 0 fully saturated rings. The first kappa shape index (κ1) is 17.4. The van der Waals surface area contributed by atoms with Crippen LogP contribution in [0.2, 0.25) is 0 Å². The standard InChI is InChI=1S/C19H26O4/c1-21-16-13-15-11-9-7-5-3-4-6-8-10-12-23-19(20)18(15)17(14-16)22-2/h9,11,13-14H,3-8,10,12H2,1-2H3/b11-9+. The highest BCUT2D eigenvalue weighted by Gasteiger charge is 2.19. The van der Waals surface area contributed by atoms with Crippen molar-refractivity contribution in [2.45, 2.75) is 44.9 Å². The number of benzene rings is 1. The lowest BCUT2D eigenvalue weighted by atomic mass is 10.0. The van der Waals surface area contributed by atoms with Gasteiger partial charge in [0.05, 0.1) is 20.8 Å². The number of rotatable bonds is 2. The topological polar surface area (TPSA) is 44.8 Å². The van der Waals surface area contributed by atoms with Crippen molar-refractivity contribution in [3.05, 3.63) is 29.3 Å². The lowest BCUT2D eigenvalue weighted by Crippen LogP contribution is -2.10. The van der Waals surface area contributed by atoms with E-state index < -0.39 is 0 Å². The van der Waals surface area contributed by atoms with E-state index in [2.05, 4.69) is 6.08 Å². The average molecular weight is 318 g/mol. The van der Waals surface area contributed by atoms with Gasteiger partial charge in [0, 0.05) is 6.07 Å². The predicted octanol–water partition coefficient (Wildman–Crippen LogP) is 4.62. The summed E-state index contributed by atoms with van der Waals surface area (Å²) in [6, 6.07) is 3.57. The molecule has 1 aliphatic heterocycles. The van der Waals surface area contributed by atoms with E-state index in [4.69, 9.17) is 14.2 Å². The summed E-state index contributed by atoms with van der Waals surface area (Å²) in [6.07, 6.45) is 12.0. The molecule has 1 aliphatic rings. The SMILES string of the molecule is COc1cc2c(c(OC)c1)C(=O)OCCCCCCCC/C=C/2. The maximum Gasteiger partial charge on any atom is 0.342 e. The molecule has 0 spiro atoms. The van der Waals surface area contributed by atoms with Crippen LogP contribution in [0.1, 0.15) is 60.9 Å². The second-order valence-electron chi connectivity index (χ2n) is 5.74. The van der Waals surface area contributed by atoms with Crippen molar-refractivity contribution in [3.63, 3.8) is 0 Å². The fourth-order valence-electron chi connectivity index (χ4n) is 2.76. The molecule has 4 nitrogen and oxygen atoms in total. The summed E-state index contributed by atoms with van der Waals surface area (Å²) in [5.74, 6) is 0.821. The number of cyclic esters (lactones) is 1. The molecule has 23 heavy (non-hydrogen) atoms. The minimum Gasteiger partial charge on any atom is -0.497 e. The molecule has 1 heterocycles. The number of allylic oxidation sites excluding steroid dienone is 1. The third-order valence-corrected chi connectivity index (χ3v) is 4.06. The Morgan fingerprint density at radius 2 is 1.70 bits per heavy atom. The molecule has 0 amide bonds. The summed E-state index contributed by atoms with van der Waals surface area (Å²) in [5, 5.41) is 0. The van der Waals surface area contributed by atoms with Crippen molar-refractivity contribution in [1.82, 2.24) is 0 Å². The van der Waals surface area contributed by atoms with Crippen LogP contribution in [0.5, 0.6) is 11.5 Å². The van der Waals surface area contributed by atoms with Gasteiger partial charge in [-0.25, -0.2) is 4.79 Å². The first-order valence-corrected chi connectivity index (χ1v) is 8.36. The van der Waals surface area contributed by atoms with E-state index in [-0.39, 0.29) is 5.97 Å². The van der Waals surface area contributed by atoms with E-state index in [9.17, 15) is 4.79 Å². The minimum absolute atomic E-state index is 0.332. The molecule has 0 aromatic heterocycles. The second kappa shape index (κ2) is 9.23. The molecular weight excluding hydrogens is 292 g/mol. The largest absolute Gasteiger partial charge is 0.497 e. The van der Waals surface area contributed by atoms with E-state index in [0.717, 1.165) is 24.8 Å². The average Bonchev–Trinajstić information content (AvgIpc) is 2.57. The van der Waals surface area contributed by atoms with Gasteiger partial charge < -0.3 is 14.2 Å². The molecule has 2 rings (SSSR count). The van der Waals surface area contributed by atoms with Gasteiger partial charge in [-0.1, -0.05) is 37.8 Å². The number of methoxy groups -OCH3 is 2. The van der Waals surface area contributed by atoms with Crippen LogP contribution in [-0.4, -0.2) is 26.8 Å². The quantitative estimate of drug-likeness (QED) is 0.747. The molecule has 0 unspecified atom stereocenters. The Kier molecular flexibility index (Phi) is 6.98. The molecule has 0 bridgehead atoms. The van der Waals surface area contributed by atoms with Gasteiger partial charge >= 0.3 is 5.97 Å². The number of fused-ring (bicyclic) bond motifs is 1. The fraction of sp³-hybridized carbons (Fsp3) is 0.526. The number of hydrogen-bond donors (Lipinski definition) is 0. The molecular formula is C19H26O4. The summed E-state index contributed by atoms with van der Waals surface area (Å²) in [4.78, 5) is 12.5. The van der Waals surface area contributed by atoms with E-state index in [0.29, 0.717) is 23.7 Å². The van der Waals surface area contributed by atoms with Crippen LogP contribution in [0.25, 0.3) is 6.08 Å². The Hall–Kier alpha value is -1.97. The molecule has 0 saturated heterocycles. The Labute approximate surface area is 138 Å². The van der Waals surface area contributed by atoms with Crippen LogP contribution in [0.15, 0.2) is 18.2 Å². The van der Waals surface area contributed by atoms with Gasteiger partial charge in [-0.2, -0.15) is 0 Å². The Balaban J connectivity index is 2.34. The highest BCUT2D eigenvalue weighted by molar-refractivity contribution is 5.97. The van der Waals surface area contributed by atoms with E-state index in [1.54, 1.807) is 20.3 Å². The summed E-state index contributed by atoms with van der Waals surface area (Å²) in [6.45, 7) is 0.456. The lowest BCUT2D eigenvalue weighted by Gasteiger charge is -2.14. The zero-order valence-corrected chi connectivity index (χ0v) is 14.1. The van der Waals surface area contributed by atoms with Crippen molar-refractivity contribution in [2.24, 2.45) is 0 Å². The van der Waals surface area contributed by atoms with Crippen LogP contribution in [-0.2, 0) is 4.74 Å². The Morgan fingerprint density at radius 1 is 0.957 bits per heavy atom. The Bertz CT molecular complexity index is 549. The molecule has 126 valence electrons. The molecule has 0 N–H and O–H groups in total. The second-order valence-corrected chi connectivity index (χ2v) is 5.74. The highest BCUT2D eigenvalue weighted by Crippen LogP contribution is 2.31. The number of ether oxygens (including phenoxy) is 3. The predicted molar refractivity (Wildman–Crippen MR) is 91.2 cm³/mol. The number of hydrogen-bond acceptors (Lipinski definition) is 4. The van der Waals surface area contributed by atoms with Gasteiger partial charge in [-0.05, 0) is 30.9 Å². The van der Waals surface area contributed by atoms with Crippen molar-refractivity contribution in [3.8, 4) is 11.5 Å². The summed E-state index contributed by atoms with van der Waals surface area (Å²) < 4.78 is 16.1. The molecule has 0 atom stereocenters. The van der Waals surface area contributed by atoms with Gasteiger partial charge in [-0.3, -0.25) is 0 Å². The van der Waals surface area contributed by atoms with Crippen LogP contribution >= 0.6 is 0 Å². The zero-order valence-electron chi connectivity index (χ0n) is 14.1. The van der Waals surface area contributed by atoms with Crippen LogP contribution in [0.4, 0.5) is 0 Å². The molecule has 0 radical (unpaired) electrons. The van der Waals surface area contributed by atoms with Crippen molar-refractivity contribution < 1.29 is 19.0 Å². The summed E-state index contributed by atoms with van der Waals surface area (Å²) >= 11 is 0. The first-order chi connectivity index (χ1) is 11.3. The first-order valence-electron chi connectivity index (χ1n) is 8.36. The van der Waals surface area contributed by atoms with Crippen LogP contribution in [0.3, 0.4) is 0 Å². The highest BCUT2D eigenvalue weighted by atomic mass is 16.5.